The van der Waals surface area contributed by atoms with Gasteiger partial charge in [0.25, 0.3) is 0 Å². The molecule has 1 heterocycles. The first-order valence-electron chi connectivity index (χ1n) is 8.58. The standard InChI is InChI=1S/C19H26N2O4S/c1-13-9-15(3)16(10-14(13)2)5-6-19(23)21(4)11-18(22)20-17-7-8-26(24,25)12-17/h5-6,9-10,17H,7-8,11-12H2,1-4H3,(H,20,22). The molecular formula is C19H26N2O4S. The number of hydrogen-bond donors (Lipinski definition) is 1. The Hall–Kier alpha value is -2.15. The van der Waals surface area contributed by atoms with Gasteiger partial charge in [0.2, 0.25) is 11.8 Å². The molecule has 0 aliphatic carbocycles. The Kier molecular flexibility index (Phi) is 6.23. The molecule has 1 atom stereocenters. The highest BCUT2D eigenvalue weighted by atomic mass is 32.2. The molecule has 0 spiro atoms. The first kappa shape index (κ1) is 20.2. The predicted octanol–water partition coefficient (Wildman–Crippen LogP) is 1.39. The van der Waals surface area contributed by atoms with Crippen LogP contribution in [0.2, 0.25) is 0 Å². The van der Waals surface area contributed by atoms with Crippen LogP contribution < -0.4 is 5.32 Å². The summed E-state index contributed by atoms with van der Waals surface area (Å²) in [6.45, 7) is 5.95. The summed E-state index contributed by atoms with van der Waals surface area (Å²) in [5.41, 5.74) is 4.41. The average molecular weight is 378 g/mol. The molecule has 2 rings (SSSR count). The van der Waals surface area contributed by atoms with E-state index in [1.54, 1.807) is 13.1 Å². The molecule has 0 bridgehead atoms. The number of nitrogens with zero attached hydrogens (tertiary/aromatic N) is 1. The monoisotopic (exact) mass is 378 g/mol. The molecule has 1 aliphatic rings. The minimum Gasteiger partial charge on any atom is -0.351 e. The van der Waals surface area contributed by atoms with E-state index in [9.17, 15) is 18.0 Å². The lowest BCUT2D eigenvalue weighted by molar-refractivity contribution is -0.131. The number of sulfone groups is 1. The van der Waals surface area contributed by atoms with Crippen molar-refractivity contribution in [2.24, 2.45) is 0 Å². The molecule has 0 aromatic heterocycles. The van der Waals surface area contributed by atoms with Crippen LogP contribution in [0.1, 0.15) is 28.7 Å². The van der Waals surface area contributed by atoms with Gasteiger partial charge in [-0.1, -0.05) is 12.1 Å². The van der Waals surface area contributed by atoms with Crippen molar-refractivity contribution >= 4 is 27.7 Å². The molecule has 1 aliphatic heterocycles. The Labute approximate surface area is 155 Å². The molecule has 0 radical (unpaired) electrons. The van der Waals surface area contributed by atoms with Gasteiger partial charge in [-0.05, 0) is 55.5 Å². The Morgan fingerprint density at radius 1 is 1.19 bits per heavy atom. The molecular weight excluding hydrogens is 352 g/mol. The first-order valence-corrected chi connectivity index (χ1v) is 10.4. The van der Waals surface area contributed by atoms with E-state index in [0.717, 1.165) is 16.7 Å². The third kappa shape index (κ3) is 5.42. The Morgan fingerprint density at radius 3 is 2.46 bits per heavy atom. The van der Waals surface area contributed by atoms with Gasteiger partial charge in [-0.3, -0.25) is 9.59 Å². The molecule has 1 aromatic rings. The number of rotatable bonds is 5. The summed E-state index contributed by atoms with van der Waals surface area (Å²) >= 11 is 0. The van der Waals surface area contributed by atoms with Gasteiger partial charge in [0.1, 0.15) is 0 Å². The van der Waals surface area contributed by atoms with Crippen LogP contribution >= 0.6 is 0 Å². The third-order valence-corrected chi connectivity index (χ3v) is 6.41. The molecule has 0 saturated carbocycles. The van der Waals surface area contributed by atoms with Crippen LogP contribution in [-0.4, -0.2) is 56.3 Å². The van der Waals surface area contributed by atoms with Crippen molar-refractivity contribution in [3.8, 4) is 0 Å². The summed E-state index contributed by atoms with van der Waals surface area (Å²) in [4.78, 5) is 25.5. The summed E-state index contributed by atoms with van der Waals surface area (Å²) in [6.07, 6.45) is 3.63. The molecule has 1 saturated heterocycles. The minimum atomic E-state index is -3.04. The van der Waals surface area contributed by atoms with Crippen molar-refractivity contribution in [2.45, 2.75) is 33.2 Å². The van der Waals surface area contributed by atoms with E-state index in [2.05, 4.69) is 11.4 Å². The molecule has 1 fully saturated rings. The fraction of sp³-hybridized carbons (Fsp3) is 0.474. The topological polar surface area (TPSA) is 83.6 Å². The van der Waals surface area contributed by atoms with Crippen molar-refractivity contribution in [2.75, 3.05) is 25.1 Å². The number of hydrogen-bond acceptors (Lipinski definition) is 4. The van der Waals surface area contributed by atoms with Crippen LogP contribution in [0.3, 0.4) is 0 Å². The molecule has 2 amide bonds. The van der Waals surface area contributed by atoms with E-state index in [1.807, 2.05) is 26.8 Å². The van der Waals surface area contributed by atoms with Crippen LogP contribution in [0.4, 0.5) is 0 Å². The average Bonchev–Trinajstić information content (AvgIpc) is 2.87. The van der Waals surface area contributed by atoms with Crippen LogP contribution in [0.25, 0.3) is 6.08 Å². The number of carbonyl (C=O) groups is 2. The highest BCUT2D eigenvalue weighted by Gasteiger charge is 2.29. The fourth-order valence-electron chi connectivity index (χ4n) is 2.93. The summed E-state index contributed by atoms with van der Waals surface area (Å²) in [7, 11) is -1.50. The van der Waals surface area contributed by atoms with Crippen molar-refractivity contribution < 1.29 is 18.0 Å². The predicted molar refractivity (Wildman–Crippen MR) is 103 cm³/mol. The highest BCUT2D eigenvalue weighted by molar-refractivity contribution is 7.91. The fourth-order valence-corrected chi connectivity index (χ4v) is 4.60. The molecule has 26 heavy (non-hydrogen) atoms. The van der Waals surface area contributed by atoms with Crippen molar-refractivity contribution in [1.82, 2.24) is 10.2 Å². The van der Waals surface area contributed by atoms with E-state index in [0.29, 0.717) is 6.42 Å². The largest absolute Gasteiger partial charge is 0.351 e. The summed E-state index contributed by atoms with van der Waals surface area (Å²) < 4.78 is 22.8. The zero-order chi connectivity index (χ0) is 19.5. The number of amides is 2. The van der Waals surface area contributed by atoms with E-state index >= 15 is 0 Å². The van der Waals surface area contributed by atoms with Crippen molar-refractivity contribution in [1.29, 1.82) is 0 Å². The van der Waals surface area contributed by atoms with Gasteiger partial charge >= 0.3 is 0 Å². The maximum Gasteiger partial charge on any atom is 0.246 e. The minimum absolute atomic E-state index is 0.0254. The Morgan fingerprint density at radius 2 is 1.85 bits per heavy atom. The maximum atomic E-state index is 12.2. The van der Waals surface area contributed by atoms with Gasteiger partial charge in [-0.15, -0.1) is 0 Å². The van der Waals surface area contributed by atoms with Crippen LogP contribution in [-0.2, 0) is 19.4 Å². The Bertz CT molecular complexity index is 843. The van der Waals surface area contributed by atoms with E-state index < -0.39 is 9.84 Å². The second-order valence-electron chi connectivity index (χ2n) is 6.99. The zero-order valence-corrected chi connectivity index (χ0v) is 16.5. The molecule has 1 aromatic carbocycles. The molecule has 1 unspecified atom stereocenters. The summed E-state index contributed by atoms with van der Waals surface area (Å²) in [6, 6.07) is 3.75. The molecule has 6 nitrogen and oxygen atoms in total. The quantitative estimate of drug-likeness (QED) is 0.785. The van der Waals surface area contributed by atoms with Gasteiger partial charge in [0, 0.05) is 19.2 Å². The van der Waals surface area contributed by atoms with Gasteiger partial charge in [-0.25, -0.2) is 8.42 Å². The number of carbonyl (C=O) groups excluding carboxylic acids is 2. The van der Waals surface area contributed by atoms with Gasteiger partial charge in [0.15, 0.2) is 9.84 Å². The third-order valence-electron chi connectivity index (χ3n) is 4.64. The van der Waals surface area contributed by atoms with E-state index in [4.69, 9.17) is 0 Å². The highest BCUT2D eigenvalue weighted by Crippen LogP contribution is 2.16. The molecule has 142 valence electrons. The number of aryl methyl sites for hydroxylation is 3. The lowest BCUT2D eigenvalue weighted by Gasteiger charge is -2.17. The smallest absolute Gasteiger partial charge is 0.246 e. The first-order chi connectivity index (χ1) is 12.1. The maximum absolute atomic E-state index is 12.2. The van der Waals surface area contributed by atoms with Crippen LogP contribution in [0.5, 0.6) is 0 Å². The van der Waals surface area contributed by atoms with Gasteiger partial charge < -0.3 is 10.2 Å². The number of likely N-dealkylation sites (N-methyl/N-ethyl adjacent to an activating group) is 1. The second-order valence-corrected chi connectivity index (χ2v) is 9.22. The second kappa shape index (κ2) is 8.03. The van der Waals surface area contributed by atoms with Crippen LogP contribution in [0, 0.1) is 20.8 Å². The van der Waals surface area contributed by atoms with E-state index in [-0.39, 0.29) is 35.9 Å². The summed E-state index contributed by atoms with van der Waals surface area (Å²) in [5, 5.41) is 2.68. The zero-order valence-electron chi connectivity index (χ0n) is 15.7. The molecule has 7 heteroatoms. The normalized spacial score (nSPS) is 18.8. The Balaban J connectivity index is 1.91. The lowest BCUT2D eigenvalue weighted by atomic mass is 10.0. The number of benzene rings is 1. The van der Waals surface area contributed by atoms with Crippen molar-refractivity contribution in [3.05, 3.63) is 40.5 Å². The molecule has 1 N–H and O–H groups in total. The van der Waals surface area contributed by atoms with Crippen LogP contribution in [0.15, 0.2) is 18.2 Å². The SMILES string of the molecule is Cc1cc(C)c(C=CC(=O)N(C)CC(=O)NC2CCS(=O)(=O)C2)cc1C. The lowest BCUT2D eigenvalue weighted by Crippen LogP contribution is -2.42. The van der Waals surface area contributed by atoms with E-state index in [1.165, 1.54) is 16.5 Å². The van der Waals surface area contributed by atoms with Gasteiger partial charge in [0.05, 0.1) is 18.1 Å². The number of nitrogens with one attached hydrogen (secondary N) is 1. The van der Waals surface area contributed by atoms with Gasteiger partial charge in [-0.2, -0.15) is 0 Å². The summed E-state index contributed by atoms with van der Waals surface area (Å²) in [5.74, 6) is -0.553. The van der Waals surface area contributed by atoms with Crippen molar-refractivity contribution in [3.63, 3.8) is 0 Å².